The van der Waals surface area contributed by atoms with Crippen LogP contribution in [0, 0.1) is 6.92 Å². The van der Waals surface area contributed by atoms with Gasteiger partial charge in [-0.15, -0.1) is 0 Å². The standard InChI is InChI=1S/C27H29BrN2O4S/c1-19-7-13-23(14-8-19)30(35(32,33)24-15-16-26(34-2)25(28)17-24)18-20-9-11-21(12-10-20)27(31)29-22-5-3-4-6-22/h7-17,22H,3-6,18H2,1-2H3,(H,29,31). The zero-order valence-electron chi connectivity index (χ0n) is 19.8. The summed E-state index contributed by atoms with van der Waals surface area (Å²) < 4.78 is 34.7. The number of ether oxygens (including phenoxy) is 1. The highest BCUT2D eigenvalue weighted by Crippen LogP contribution is 2.32. The second-order valence-electron chi connectivity index (χ2n) is 8.80. The van der Waals surface area contributed by atoms with E-state index in [9.17, 15) is 13.2 Å². The summed E-state index contributed by atoms with van der Waals surface area (Å²) in [6, 6.07) is 19.5. The van der Waals surface area contributed by atoms with Crippen molar-refractivity contribution in [2.24, 2.45) is 0 Å². The van der Waals surface area contributed by atoms with E-state index in [0.717, 1.165) is 36.8 Å². The Morgan fingerprint density at radius 1 is 1.03 bits per heavy atom. The second kappa shape index (κ2) is 10.8. The first-order valence-corrected chi connectivity index (χ1v) is 13.8. The van der Waals surface area contributed by atoms with Crippen molar-refractivity contribution in [3.05, 3.63) is 87.9 Å². The van der Waals surface area contributed by atoms with Crippen molar-refractivity contribution in [2.45, 2.75) is 50.1 Å². The van der Waals surface area contributed by atoms with Crippen LogP contribution in [-0.4, -0.2) is 27.5 Å². The van der Waals surface area contributed by atoms with Crippen LogP contribution in [0.4, 0.5) is 5.69 Å². The first kappa shape index (κ1) is 25.3. The molecular weight excluding hydrogens is 528 g/mol. The van der Waals surface area contributed by atoms with Gasteiger partial charge in [0.25, 0.3) is 15.9 Å². The number of nitrogens with one attached hydrogen (secondary N) is 1. The van der Waals surface area contributed by atoms with E-state index in [1.807, 2.05) is 31.2 Å². The van der Waals surface area contributed by atoms with Crippen molar-refractivity contribution in [1.29, 1.82) is 0 Å². The number of hydrogen-bond acceptors (Lipinski definition) is 4. The predicted molar refractivity (Wildman–Crippen MR) is 141 cm³/mol. The van der Waals surface area contributed by atoms with Crippen molar-refractivity contribution in [3.63, 3.8) is 0 Å². The van der Waals surface area contributed by atoms with Crippen molar-refractivity contribution < 1.29 is 17.9 Å². The van der Waals surface area contributed by atoms with Gasteiger partial charge >= 0.3 is 0 Å². The molecule has 1 aliphatic rings. The van der Waals surface area contributed by atoms with Gasteiger partial charge in [0.15, 0.2) is 0 Å². The molecule has 0 atom stereocenters. The molecule has 3 aromatic carbocycles. The van der Waals surface area contributed by atoms with Crippen LogP contribution in [0.3, 0.4) is 0 Å². The number of carbonyl (C=O) groups is 1. The van der Waals surface area contributed by atoms with Gasteiger partial charge in [-0.2, -0.15) is 0 Å². The highest BCUT2D eigenvalue weighted by atomic mass is 79.9. The molecule has 1 amide bonds. The molecule has 0 unspecified atom stereocenters. The summed E-state index contributed by atoms with van der Waals surface area (Å²) in [5.41, 5.74) is 2.95. The quantitative estimate of drug-likeness (QED) is 0.378. The lowest BCUT2D eigenvalue weighted by Gasteiger charge is -2.25. The van der Waals surface area contributed by atoms with E-state index in [0.29, 0.717) is 21.5 Å². The molecule has 1 N–H and O–H groups in total. The van der Waals surface area contributed by atoms with E-state index in [1.54, 1.807) is 36.4 Å². The molecule has 1 saturated carbocycles. The molecule has 0 aromatic heterocycles. The van der Waals surface area contributed by atoms with E-state index < -0.39 is 10.0 Å². The van der Waals surface area contributed by atoms with E-state index in [2.05, 4.69) is 21.2 Å². The maximum atomic E-state index is 13.7. The minimum Gasteiger partial charge on any atom is -0.496 e. The largest absolute Gasteiger partial charge is 0.496 e. The molecule has 0 heterocycles. The molecule has 0 aliphatic heterocycles. The molecule has 4 rings (SSSR count). The highest BCUT2D eigenvalue weighted by molar-refractivity contribution is 9.10. The fourth-order valence-corrected chi connectivity index (χ4v) is 6.40. The van der Waals surface area contributed by atoms with Crippen molar-refractivity contribution in [1.82, 2.24) is 5.32 Å². The first-order valence-electron chi connectivity index (χ1n) is 11.6. The number of hydrogen-bond donors (Lipinski definition) is 1. The van der Waals surface area contributed by atoms with E-state index in [4.69, 9.17) is 4.74 Å². The zero-order chi connectivity index (χ0) is 25.0. The number of amides is 1. The van der Waals surface area contributed by atoms with E-state index >= 15 is 0 Å². The number of rotatable bonds is 8. The Labute approximate surface area is 215 Å². The van der Waals surface area contributed by atoms with Crippen LogP contribution in [0.15, 0.2) is 76.1 Å². The number of benzene rings is 3. The molecule has 0 bridgehead atoms. The SMILES string of the molecule is COc1ccc(S(=O)(=O)N(Cc2ccc(C(=O)NC3CCCC3)cc2)c2ccc(C)cc2)cc1Br. The Bertz CT molecular complexity index is 1290. The minimum atomic E-state index is -3.89. The summed E-state index contributed by atoms with van der Waals surface area (Å²) >= 11 is 3.39. The molecule has 6 nitrogen and oxygen atoms in total. The number of anilines is 1. The van der Waals surface area contributed by atoms with E-state index in [-0.39, 0.29) is 23.4 Å². The van der Waals surface area contributed by atoms with Gasteiger partial charge < -0.3 is 10.1 Å². The second-order valence-corrected chi connectivity index (χ2v) is 11.5. The molecule has 1 aliphatic carbocycles. The van der Waals surface area contributed by atoms with Gasteiger partial charge in [0.2, 0.25) is 0 Å². The van der Waals surface area contributed by atoms with Gasteiger partial charge in [-0.3, -0.25) is 9.10 Å². The summed E-state index contributed by atoms with van der Waals surface area (Å²) in [6.45, 7) is 2.08. The number of sulfonamides is 1. The number of methoxy groups -OCH3 is 1. The van der Waals surface area contributed by atoms with Crippen LogP contribution in [0.2, 0.25) is 0 Å². The third-order valence-corrected chi connectivity index (χ3v) is 8.66. The lowest BCUT2D eigenvalue weighted by Crippen LogP contribution is -2.32. The Kier molecular flexibility index (Phi) is 7.82. The van der Waals surface area contributed by atoms with Crippen LogP contribution >= 0.6 is 15.9 Å². The molecular formula is C27H29BrN2O4S. The summed E-state index contributed by atoms with van der Waals surface area (Å²) in [7, 11) is -2.35. The average molecular weight is 558 g/mol. The molecule has 35 heavy (non-hydrogen) atoms. The maximum Gasteiger partial charge on any atom is 0.264 e. The van der Waals surface area contributed by atoms with Crippen LogP contribution in [0.1, 0.15) is 47.2 Å². The van der Waals surface area contributed by atoms with Gasteiger partial charge in [0, 0.05) is 11.6 Å². The Balaban J connectivity index is 1.61. The van der Waals surface area contributed by atoms with Crippen molar-refractivity contribution >= 4 is 37.5 Å². The minimum absolute atomic E-state index is 0.0884. The van der Waals surface area contributed by atoms with Crippen molar-refractivity contribution in [2.75, 3.05) is 11.4 Å². The van der Waals surface area contributed by atoms with Gasteiger partial charge in [-0.1, -0.05) is 42.7 Å². The monoisotopic (exact) mass is 556 g/mol. The number of aryl methyl sites for hydroxylation is 1. The Morgan fingerprint density at radius 3 is 2.29 bits per heavy atom. The fourth-order valence-electron chi connectivity index (χ4n) is 4.23. The lowest BCUT2D eigenvalue weighted by atomic mass is 10.1. The third-order valence-electron chi connectivity index (χ3n) is 6.27. The molecule has 0 saturated heterocycles. The van der Waals surface area contributed by atoms with Gasteiger partial charge in [-0.05, 0) is 83.7 Å². The van der Waals surface area contributed by atoms with Gasteiger partial charge in [0.05, 0.1) is 28.7 Å². The Morgan fingerprint density at radius 2 is 1.69 bits per heavy atom. The average Bonchev–Trinajstić information content (AvgIpc) is 3.36. The normalized spacial score (nSPS) is 14.0. The summed E-state index contributed by atoms with van der Waals surface area (Å²) in [6.07, 6.45) is 4.35. The number of nitrogens with zero attached hydrogens (tertiary/aromatic N) is 1. The molecule has 184 valence electrons. The molecule has 0 radical (unpaired) electrons. The Hall–Kier alpha value is -2.84. The molecule has 0 spiro atoms. The summed E-state index contributed by atoms with van der Waals surface area (Å²) in [5, 5.41) is 3.09. The van der Waals surface area contributed by atoms with E-state index in [1.165, 1.54) is 17.5 Å². The first-order chi connectivity index (χ1) is 16.8. The van der Waals surface area contributed by atoms with Gasteiger partial charge in [-0.25, -0.2) is 8.42 Å². The maximum absolute atomic E-state index is 13.7. The highest BCUT2D eigenvalue weighted by Gasteiger charge is 2.26. The lowest BCUT2D eigenvalue weighted by molar-refractivity contribution is 0.0938. The number of carbonyl (C=O) groups excluding carboxylic acids is 1. The van der Waals surface area contributed by atoms with Gasteiger partial charge in [0.1, 0.15) is 5.75 Å². The van der Waals surface area contributed by atoms with Crippen molar-refractivity contribution in [3.8, 4) is 5.75 Å². The predicted octanol–water partition coefficient (Wildman–Crippen LogP) is 5.83. The smallest absolute Gasteiger partial charge is 0.264 e. The molecule has 1 fully saturated rings. The van der Waals surface area contributed by atoms with Crippen LogP contribution in [-0.2, 0) is 16.6 Å². The topological polar surface area (TPSA) is 75.7 Å². The van der Waals surface area contributed by atoms with Crippen LogP contribution in [0.5, 0.6) is 5.75 Å². The summed E-state index contributed by atoms with van der Waals surface area (Å²) in [5.74, 6) is 0.465. The molecule has 3 aromatic rings. The zero-order valence-corrected chi connectivity index (χ0v) is 22.2. The third kappa shape index (κ3) is 5.87. The fraction of sp³-hybridized carbons (Fsp3) is 0.296. The van der Waals surface area contributed by atoms with Crippen LogP contribution < -0.4 is 14.4 Å². The summed E-state index contributed by atoms with van der Waals surface area (Å²) in [4.78, 5) is 12.7. The number of halogens is 1. The van der Waals surface area contributed by atoms with Crippen LogP contribution in [0.25, 0.3) is 0 Å². The molecule has 8 heteroatoms.